The molecule has 12 heavy (non-hydrogen) atoms. The Hall–Kier alpha value is -1.04. The largest absolute Gasteiger partial charge is 0.329 e. The lowest BCUT2D eigenvalue weighted by Gasteiger charge is -2.14. The molecule has 0 aromatic rings. The molecule has 0 saturated carbocycles. The lowest BCUT2D eigenvalue weighted by molar-refractivity contribution is -0.127. The number of amides is 1. The fourth-order valence-corrected chi connectivity index (χ4v) is 1.49. The summed E-state index contributed by atoms with van der Waals surface area (Å²) in [6.07, 6.45) is 0.624. The first-order valence-corrected chi connectivity index (χ1v) is 4.30. The van der Waals surface area contributed by atoms with E-state index >= 15 is 0 Å². The highest BCUT2D eigenvalue weighted by atomic mass is 16.2. The molecular formula is C9H14N2O. The second-order valence-electron chi connectivity index (χ2n) is 3.64. The molecule has 1 aliphatic rings. The SMILES string of the molecule is CC(C)C1CC(=O)N(CC#N)C1. The van der Waals surface area contributed by atoms with Crippen LogP contribution in [0.3, 0.4) is 0 Å². The summed E-state index contributed by atoms with van der Waals surface area (Å²) in [5, 5.41) is 8.43. The second-order valence-corrected chi connectivity index (χ2v) is 3.64. The summed E-state index contributed by atoms with van der Waals surface area (Å²) < 4.78 is 0. The van der Waals surface area contributed by atoms with Crippen LogP contribution in [-0.4, -0.2) is 23.9 Å². The van der Waals surface area contributed by atoms with Crippen molar-refractivity contribution in [1.82, 2.24) is 4.90 Å². The van der Waals surface area contributed by atoms with E-state index in [1.54, 1.807) is 4.90 Å². The molecule has 3 nitrogen and oxygen atoms in total. The highest BCUT2D eigenvalue weighted by Gasteiger charge is 2.30. The maximum atomic E-state index is 11.3. The summed E-state index contributed by atoms with van der Waals surface area (Å²) in [4.78, 5) is 12.9. The van der Waals surface area contributed by atoms with Gasteiger partial charge in [-0.3, -0.25) is 4.79 Å². The monoisotopic (exact) mass is 166 g/mol. The zero-order valence-electron chi connectivity index (χ0n) is 7.58. The smallest absolute Gasteiger partial charge is 0.223 e. The molecule has 0 aromatic heterocycles. The molecule has 1 saturated heterocycles. The normalized spacial score (nSPS) is 23.3. The van der Waals surface area contributed by atoms with Crippen molar-refractivity contribution in [3.63, 3.8) is 0 Å². The van der Waals surface area contributed by atoms with Crippen molar-refractivity contribution in [2.24, 2.45) is 11.8 Å². The zero-order chi connectivity index (χ0) is 9.14. The third-order valence-corrected chi connectivity index (χ3v) is 2.45. The molecular weight excluding hydrogens is 152 g/mol. The first kappa shape index (κ1) is 9.05. The second kappa shape index (κ2) is 3.57. The van der Waals surface area contributed by atoms with Gasteiger partial charge in [-0.1, -0.05) is 13.8 Å². The van der Waals surface area contributed by atoms with Gasteiger partial charge in [0.15, 0.2) is 0 Å². The van der Waals surface area contributed by atoms with Gasteiger partial charge in [0.1, 0.15) is 6.54 Å². The van der Waals surface area contributed by atoms with Crippen molar-refractivity contribution in [1.29, 1.82) is 5.26 Å². The molecule has 1 rings (SSSR count). The van der Waals surface area contributed by atoms with Crippen molar-refractivity contribution in [3.8, 4) is 6.07 Å². The molecule has 1 atom stereocenters. The van der Waals surface area contributed by atoms with Crippen LogP contribution in [0.1, 0.15) is 20.3 Å². The maximum Gasteiger partial charge on any atom is 0.223 e. The minimum absolute atomic E-state index is 0.134. The minimum atomic E-state index is 0.134. The predicted octanol–water partition coefficient (Wildman–Crippen LogP) is 1.01. The van der Waals surface area contributed by atoms with E-state index in [4.69, 9.17) is 5.26 Å². The Morgan fingerprint density at radius 2 is 2.42 bits per heavy atom. The fraction of sp³-hybridized carbons (Fsp3) is 0.778. The zero-order valence-corrected chi connectivity index (χ0v) is 7.58. The first-order chi connectivity index (χ1) is 5.65. The van der Waals surface area contributed by atoms with Crippen molar-refractivity contribution in [2.45, 2.75) is 20.3 Å². The van der Waals surface area contributed by atoms with Crippen LogP contribution in [0.25, 0.3) is 0 Å². The van der Waals surface area contributed by atoms with Crippen LogP contribution in [-0.2, 0) is 4.79 Å². The summed E-state index contributed by atoms with van der Waals surface area (Å²) in [7, 11) is 0. The maximum absolute atomic E-state index is 11.3. The van der Waals surface area contributed by atoms with Crippen molar-refractivity contribution in [3.05, 3.63) is 0 Å². The number of hydrogen-bond acceptors (Lipinski definition) is 2. The molecule has 66 valence electrons. The van der Waals surface area contributed by atoms with E-state index in [2.05, 4.69) is 13.8 Å². The third-order valence-electron chi connectivity index (χ3n) is 2.45. The van der Waals surface area contributed by atoms with E-state index in [9.17, 15) is 4.79 Å². The van der Waals surface area contributed by atoms with Gasteiger partial charge < -0.3 is 4.90 Å². The van der Waals surface area contributed by atoms with Gasteiger partial charge in [-0.25, -0.2) is 0 Å². The summed E-state index contributed by atoms with van der Waals surface area (Å²) in [5.74, 6) is 1.12. The van der Waals surface area contributed by atoms with Crippen molar-refractivity contribution >= 4 is 5.91 Å². The minimum Gasteiger partial charge on any atom is -0.329 e. The summed E-state index contributed by atoms with van der Waals surface area (Å²) >= 11 is 0. The van der Waals surface area contributed by atoms with Crippen molar-refractivity contribution in [2.75, 3.05) is 13.1 Å². The van der Waals surface area contributed by atoms with E-state index < -0.39 is 0 Å². The van der Waals surface area contributed by atoms with E-state index in [1.807, 2.05) is 6.07 Å². The van der Waals surface area contributed by atoms with Gasteiger partial charge in [-0.2, -0.15) is 5.26 Å². The Morgan fingerprint density at radius 3 is 2.83 bits per heavy atom. The molecule has 1 unspecified atom stereocenters. The lowest BCUT2D eigenvalue weighted by atomic mass is 9.95. The average molecular weight is 166 g/mol. The molecule has 0 N–H and O–H groups in total. The number of carbonyl (C=O) groups is 1. The number of nitrogens with zero attached hydrogens (tertiary/aromatic N) is 2. The molecule has 0 aliphatic carbocycles. The van der Waals surface area contributed by atoms with Crippen LogP contribution in [0.15, 0.2) is 0 Å². The highest BCUT2D eigenvalue weighted by molar-refractivity contribution is 5.78. The van der Waals surface area contributed by atoms with Crippen LogP contribution in [0.2, 0.25) is 0 Å². The predicted molar refractivity (Wildman–Crippen MR) is 45.1 cm³/mol. The van der Waals surface area contributed by atoms with Crippen LogP contribution < -0.4 is 0 Å². The van der Waals surface area contributed by atoms with Crippen LogP contribution in [0.4, 0.5) is 0 Å². The van der Waals surface area contributed by atoms with E-state index in [-0.39, 0.29) is 12.5 Å². The van der Waals surface area contributed by atoms with Gasteiger partial charge in [0, 0.05) is 13.0 Å². The molecule has 1 heterocycles. The number of nitriles is 1. The Labute approximate surface area is 73.0 Å². The van der Waals surface area contributed by atoms with Crippen molar-refractivity contribution < 1.29 is 4.79 Å². The van der Waals surface area contributed by atoms with Gasteiger partial charge in [-0.15, -0.1) is 0 Å². The number of likely N-dealkylation sites (tertiary alicyclic amines) is 1. The Morgan fingerprint density at radius 1 is 1.75 bits per heavy atom. The standard InChI is InChI=1S/C9H14N2O/c1-7(2)8-5-9(12)11(6-8)4-3-10/h7-8H,4-6H2,1-2H3. The molecule has 1 aliphatic heterocycles. The van der Waals surface area contributed by atoms with Gasteiger partial charge in [0.2, 0.25) is 5.91 Å². The Balaban J connectivity index is 2.51. The van der Waals surface area contributed by atoms with Crippen LogP contribution >= 0.6 is 0 Å². The number of carbonyl (C=O) groups excluding carboxylic acids is 1. The topological polar surface area (TPSA) is 44.1 Å². The van der Waals surface area contributed by atoms with E-state index in [0.29, 0.717) is 18.3 Å². The fourth-order valence-electron chi connectivity index (χ4n) is 1.49. The van der Waals surface area contributed by atoms with Gasteiger partial charge in [-0.05, 0) is 11.8 Å². The Kier molecular flexibility index (Phi) is 2.69. The summed E-state index contributed by atoms with van der Waals surface area (Å²) in [6, 6.07) is 2.00. The van der Waals surface area contributed by atoms with E-state index in [0.717, 1.165) is 6.54 Å². The molecule has 1 fully saturated rings. The average Bonchev–Trinajstić information content (AvgIpc) is 2.34. The van der Waals surface area contributed by atoms with E-state index in [1.165, 1.54) is 0 Å². The van der Waals surface area contributed by atoms with Gasteiger partial charge in [0.05, 0.1) is 6.07 Å². The molecule has 0 spiro atoms. The number of hydrogen-bond donors (Lipinski definition) is 0. The van der Waals surface area contributed by atoms with Gasteiger partial charge >= 0.3 is 0 Å². The van der Waals surface area contributed by atoms with Crippen LogP contribution in [0.5, 0.6) is 0 Å². The summed E-state index contributed by atoms with van der Waals surface area (Å²) in [5.41, 5.74) is 0. The quantitative estimate of drug-likeness (QED) is 0.575. The highest BCUT2D eigenvalue weighted by Crippen LogP contribution is 2.23. The molecule has 0 aromatic carbocycles. The molecule has 1 amide bonds. The number of rotatable bonds is 2. The first-order valence-electron chi connectivity index (χ1n) is 4.30. The molecule has 0 bridgehead atoms. The summed E-state index contributed by atoms with van der Waals surface area (Å²) in [6.45, 7) is 5.26. The Bertz CT molecular complexity index is 217. The van der Waals surface area contributed by atoms with Gasteiger partial charge in [0.25, 0.3) is 0 Å². The molecule has 3 heteroatoms. The third kappa shape index (κ3) is 1.76. The lowest BCUT2D eigenvalue weighted by Crippen LogP contribution is -2.25. The van der Waals surface area contributed by atoms with Crippen LogP contribution in [0, 0.1) is 23.2 Å². The molecule has 0 radical (unpaired) electrons.